The van der Waals surface area contributed by atoms with Gasteiger partial charge in [0.15, 0.2) is 5.79 Å². The summed E-state index contributed by atoms with van der Waals surface area (Å²) < 4.78 is 23.8. The van der Waals surface area contributed by atoms with Crippen LogP contribution in [0.4, 0.5) is 0 Å². The number of amides is 1. The van der Waals surface area contributed by atoms with Crippen LogP contribution in [0.5, 0.6) is 5.75 Å². The molecule has 0 aromatic heterocycles. The highest BCUT2D eigenvalue weighted by atomic mass is 16.8. The topological polar surface area (TPSA) is 86.3 Å². The zero-order chi connectivity index (χ0) is 19.9. The molecule has 28 heavy (non-hydrogen) atoms. The first kappa shape index (κ1) is 19.1. The maximum atomic E-state index is 11.8. The van der Waals surface area contributed by atoms with Crippen molar-refractivity contribution in [1.82, 2.24) is 5.32 Å². The molecule has 0 radical (unpaired) electrons. The Bertz CT molecular complexity index is 864. The number of aliphatic hydroxyl groups excluding tert-OH is 1. The number of hydrogen-bond acceptors (Lipinski definition) is 6. The van der Waals surface area contributed by atoms with Crippen LogP contribution in [0.1, 0.15) is 20.8 Å². The first-order valence-corrected chi connectivity index (χ1v) is 9.41. The minimum absolute atomic E-state index is 0.261. The molecule has 150 valence electrons. The lowest BCUT2D eigenvalue weighted by Gasteiger charge is -2.49. The molecule has 2 heterocycles. The molecule has 2 aromatic rings. The van der Waals surface area contributed by atoms with Gasteiger partial charge < -0.3 is 29.4 Å². The van der Waals surface area contributed by atoms with Gasteiger partial charge in [0, 0.05) is 12.3 Å². The first-order valence-electron chi connectivity index (χ1n) is 9.41. The van der Waals surface area contributed by atoms with Crippen LogP contribution >= 0.6 is 0 Å². The summed E-state index contributed by atoms with van der Waals surface area (Å²) in [7, 11) is 0. The first-order chi connectivity index (χ1) is 13.3. The van der Waals surface area contributed by atoms with E-state index in [2.05, 4.69) is 5.32 Å². The molecule has 0 aliphatic carbocycles. The van der Waals surface area contributed by atoms with E-state index < -0.39 is 36.4 Å². The molecule has 2 fully saturated rings. The van der Waals surface area contributed by atoms with Crippen molar-refractivity contribution in [1.29, 1.82) is 0 Å². The Balaban J connectivity index is 1.63. The van der Waals surface area contributed by atoms with Gasteiger partial charge in [-0.15, -0.1) is 0 Å². The minimum atomic E-state index is -1.01. The molecule has 1 amide bonds. The second-order valence-electron chi connectivity index (χ2n) is 7.65. The Morgan fingerprint density at radius 1 is 1.21 bits per heavy atom. The molecule has 2 aliphatic heterocycles. The standard InChI is InChI=1S/C21H25NO6/c1-12(23)22-17-18(24)19-16(11-25-21(2,3)28-19)27-20(17)26-15-10-6-8-13-7-4-5-9-14(13)15/h4-10,16-20,24H,11H2,1-3H3,(H,22,23)/t16-,17-,18-,19+,20-/m0/s1. The van der Waals surface area contributed by atoms with Gasteiger partial charge in [-0.2, -0.15) is 0 Å². The van der Waals surface area contributed by atoms with Crippen molar-refractivity contribution in [2.75, 3.05) is 6.61 Å². The van der Waals surface area contributed by atoms with Crippen molar-refractivity contribution < 1.29 is 28.8 Å². The third-order valence-corrected chi connectivity index (χ3v) is 5.05. The normalized spacial score (nSPS) is 31.8. The van der Waals surface area contributed by atoms with E-state index >= 15 is 0 Å². The van der Waals surface area contributed by atoms with Gasteiger partial charge in [0.25, 0.3) is 0 Å². The number of aliphatic hydroxyl groups is 1. The van der Waals surface area contributed by atoms with Gasteiger partial charge in [-0.3, -0.25) is 4.79 Å². The predicted octanol–water partition coefficient (Wildman–Crippen LogP) is 1.96. The van der Waals surface area contributed by atoms with Gasteiger partial charge in [-0.25, -0.2) is 0 Å². The summed E-state index contributed by atoms with van der Waals surface area (Å²) in [6.45, 7) is 5.21. The van der Waals surface area contributed by atoms with E-state index in [9.17, 15) is 9.90 Å². The van der Waals surface area contributed by atoms with E-state index in [-0.39, 0.29) is 12.5 Å². The maximum Gasteiger partial charge on any atom is 0.223 e. The van der Waals surface area contributed by atoms with Crippen LogP contribution < -0.4 is 10.1 Å². The number of nitrogens with one attached hydrogen (secondary N) is 1. The molecule has 5 atom stereocenters. The average Bonchev–Trinajstić information content (AvgIpc) is 2.65. The Morgan fingerprint density at radius 3 is 2.75 bits per heavy atom. The fourth-order valence-electron chi connectivity index (χ4n) is 3.76. The number of carbonyl (C=O) groups excluding carboxylic acids is 1. The molecule has 2 aliphatic rings. The van der Waals surface area contributed by atoms with Gasteiger partial charge in [0.05, 0.1) is 6.61 Å². The zero-order valence-electron chi connectivity index (χ0n) is 16.1. The van der Waals surface area contributed by atoms with Crippen molar-refractivity contribution >= 4 is 16.7 Å². The van der Waals surface area contributed by atoms with Gasteiger partial charge in [0.1, 0.15) is 30.1 Å². The Morgan fingerprint density at radius 2 is 1.96 bits per heavy atom. The van der Waals surface area contributed by atoms with E-state index in [0.717, 1.165) is 10.8 Å². The summed E-state index contributed by atoms with van der Waals surface area (Å²) in [4.78, 5) is 11.8. The lowest BCUT2D eigenvalue weighted by atomic mass is 9.95. The monoisotopic (exact) mass is 387 g/mol. The fourth-order valence-corrected chi connectivity index (χ4v) is 3.76. The van der Waals surface area contributed by atoms with Gasteiger partial charge in [-0.05, 0) is 25.3 Å². The molecule has 0 spiro atoms. The van der Waals surface area contributed by atoms with Crippen molar-refractivity contribution in [3.63, 3.8) is 0 Å². The molecule has 0 saturated carbocycles. The van der Waals surface area contributed by atoms with E-state index in [0.29, 0.717) is 5.75 Å². The van der Waals surface area contributed by atoms with Crippen molar-refractivity contribution in [2.24, 2.45) is 0 Å². The number of ether oxygens (including phenoxy) is 4. The van der Waals surface area contributed by atoms with Crippen LogP contribution in [0.15, 0.2) is 42.5 Å². The summed E-state index contributed by atoms with van der Waals surface area (Å²) in [5.41, 5.74) is 0. The Labute approximate surface area is 163 Å². The lowest BCUT2D eigenvalue weighted by Crippen LogP contribution is -2.69. The summed E-state index contributed by atoms with van der Waals surface area (Å²) in [5.74, 6) is -0.513. The van der Waals surface area contributed by atoms with E-state index in [1.165, 1.54) is 6.92 Å². The number of fused-ring (bicyclic) bond motifs is 2. The fraction of sp³-hybridized carbons (Fsp3) is 0.476. The maximum absolute atomic E-state index is 11.8. The quantitative estimate of drug-likeness (QED) is 0.837. The Kier molecular flexibility index (Phi) is 5.01. The van der Waals surface area contributed by atoms with Crippen molar-refractivity contribution in [3.8, 4) is 5.75 Å². The van der Waals surface area contributed by atoms with Crippen molar-refractivity contribution in [3.05, 3.63) is 42.5 Å². The number of rotatable bonds is 3. The van der Waals surface area contributed by atoms with E-state index in [1.807, 2.05) is 42.5 Å². The van der Waals surface area contributed by atoms with Crippen LogP contribution in [-0.2, 0) is 19.0 Å². The van der Waals surface area contributed by atoms with Gasteiger partial charge in [0.2, 0.25) is 12.2 Å². The summed E-state index contributed by atoms with van der Waals surface area (Å²) in [6.07, 6.45) is -3.04. The smallest absolute Gasteiger partial charge is 0.223 e. The van der Waals surface area contributed by atoms with Crippen LogP contribution in [0, 0.1) is 0 Å². The van der Waals surface area contributed by atoms with Crippen LogP contribution in [0.25, 0.3) is 10.8 Å². The largest absolute Gasteiger partial charge is 0.462 e. The van der Waals surface area contributed by atoms with Crippen LogP contribution in [0.2, 0.25) is 0 Å². The number of carbonyl (C=O) groups is 1. The third-order valence-electron chi connectivity index (χ3n) is 5.05. The third kappa shape index (κ3) is 3.71. The molecular weight excluding hydrogens is 362 g/mol. The molecule has 2 aromatic carbocycles. The van der Waals surface area contributed by atoms with E-state index in [4.69, 9.17) is 18.9 Å². The van der Waals surface area contributed by atoms with Gasteiger partial charge in [-0.1, -0.05) is 36.4 Å². The molecule has 0 bridgehead atoms. The highest BCUT2D eigenvalue weighted by molar-refractivity contribution is 5.88. The zero-order valence-corrected chi connectivity index (χ0v) is 16.1. The lowest BCUT2D eigenvalue weighted by molar-refractivity contribution is -0.361. The molecule has 7 nitrogen and oxygen atoms in total. The molecule has 0 unspecified atom stereocenters. The minimum Gasteiger partial charge on any atom is -0.462 e. The highest BCUT2D eigenvalue weighted by Gasteiger charge is 2.52. The SMILES string of the molecule is CC(=O)N[C@@H]1[C@@H](Oc2cccc3ccccc23)O[C@H]2COC(C)(C)O[C@H]2[C@H]1O. The molecule has 2 saturated heterocycles. The number of benzene rings is 2. The molecule has 7 heteroatoms. The predicted molar refractivity (Wildman–Crippen MR) is 102 cm³/mol. The summed E-state index contributed by atoms with van der Waals surface area (Å²) in [6, 6.07) is 12.8. The highest BCUT2D eigenvalue weighted by Crippen LogP contribution is 2.34. The van der Waals surface area contributed by atoms with Crippen LogP contribution in [0.3, 0.4) is 0 Å². The molecule has 2 N–H and O–H groups in total. The Hall–Kier alpha value is -2.19. The van der Waals surface area contributed by atoms with Gasteiger partial charge >= 0.3 is 0 Å². The van der Waals surface area contributed by atoms with Crippen molar-refractivity contribution in [2.45, 2.75) is 57.2 Å². The van der Waals surface area contributed by atoms with Crippen LogP contribution in [-0.4, -0.2) is 54.1 Å². The molecular formula is C21H25NO6. The van der Waals surface area contributed by atoms with E-state index in [1.54, 1.807) is 13.8 Å². The molecule has 4 rings (SSSR count). The number of hydrogen-bond donors (Lipinski definition) is 2. The second-order valence-corrected chi connectivity index (χ2v) is 7.65. The summed E-state index contributed by atoms with van der Waals surface area (Å²) >= 11 is 0. The second kappa shape index (κ2) is 7.33. The average molecular weight is 387 g/mol. The summed E-state index contributed by atoms with van der Waals surface area (Å²) in [5, 5.41) is 15.6.